The van der Waals surface area contributed by atoms with Crippen molar-refractivity contribution in [3.8, 4) is 0 Å². The molecule has 3 fully saturated rings. The molecule has 0 amide bonds. The van der Waals surface area contributed by atoms with Gasteiger partial charge in [0.25, 0.3) is 0 Å². The van der Waals surface area contributed by atoms with E-state index in [2.05, 4.69) is 9.80 Å². The maximum atomic E-state index is 12.1. The Hall–Kier alpha value is -0.170. The minimum atomic E-state index is -2.92. The summed E-state index contributed by atoms with van der Waals surface area (Å²) in [6, 6.07) is 0.616. The van der Waals surface area contributed by atoms with Crippen LogP contribution in [0.15, 0.2) is 0 Å². The van der Waals surface area contributed by atoms with Crippen molar-refractivity contribution < 1.29 is 8.42 Å². The molecule has 2 atom stereocenters. The Kier molecular flexibility index (Phi) is 4.10. The van der Waals surface area contributed by atoms with E-state index >= 15 is 0 Å². The molecular weight excluding hydrogens is 274 g/mol. The SMILES string of the molecule is NCC1(N2CCCN3CCCC3C2)CCCS(=O)(=O)C1. The van der Waals surface area contributed by atoms with E-state index in [1.54, 1.807) is 0 Å². The zero-order valence-electron chi connectivity index (χ0n) is 12.3. The van der Waals surface area contributed by atoms with Crippen molar-refractivity contribution in [1.82, 2.24) is 9.80 Å². The van der Waals surface area contributed by atoms with E-state index in [4.69, 9.17) is 5.73 Å². The summed E-state index contributed by atoms with van der Waals surface area (Å²) in [6.45, 7) is 4.85. The molecule has 0 bridgehead atoms. The second kappa shape index (κ2) is 5.55. The van der Waals surface area contributed by atoms with E-state index in [1.165, 1.54) is 19.4 Å². The fourth-order valence-corrected chi connectivity index (χ4v) is 6.34. The first-order valence-electron chi connectivity index (χ1n) is 7.94. The first-order valence-corrected chi connectivity index (χ1v) is 9.76. The summed E-state index contributed by atoms with van der Waals surface area (Å²) in [5.74, 6) is 0.612. The number of nitrogens with two attached hydrogens (primary N) is 1. The van der Waals surface area contributed by atoms with Gasteiger partial charge in [-0.05, 0) is 45.2 Å². The second-order valence-electron chi connectivity index (χ2n) is 6.76. The summed E-state index contributed by atoms with van der Waals surface area (Å²) < 4.78 is 24.2. The minimum absolute atomic E-state index is 0.267. The fraction of sp³-hybridized carbons (Fsp3) is 1.00. The number of rotatable bonds is 2. The van der Waals surface area contributed by atoms with E-state index in [0.717, 1.165) is 38.9 Å². The lowest BCUT2D eigenvalue weighted by Crippen LogP contribution is -2.61. The van der Waals surface area contributed by atoms with Gasteiger partial charge in [-0.3, -0.25) is 9.80 Å². The maximum absolute atomic E-state index is 12.1. The van der Waals surface area contributed by atoms with Crippen molar-refractivity contribution >= 4 is 9.84 Å². The van der Waals surface area contributed by atoms with Crippen molar-refractivity contribution in [2.24, 2.45) is 5.73 Å². The van der Waals surface area contributed by atoms with Crippen LogP contribution in [-0.4, -0.2) is 74.0 Å². The van der Waals surface area contributed by atoms with Crippen molar-refractivity contribution in [2.75, 3.05) is 44.2 Å². The number of nitrogens with zero attached hydrogens (tertiary/aromatic N) is 2. The Morgan fingerprint density at radius 3 is 2.70 bits per heavy atom. The highest BCUT2D eigenvalue weighted by atomic mass is 32.2. The third kappa shape index (κ3) is 2.75. The molecule has 3 saturated heterocycles. The minimum Gasteiger partial charge on any atom is -0.329 e. The van der Waals surface area contributed by atoms with Gasteiger partial charge >= 0.3 is 0 Å². The fourth-order valence-electron chi connectivity index (χ4n) is 4.35. The molecule has 0 aromatic carbocycles. The molecule has 116 valence electrons. The van der Waals surface area contributed by atoms with Crippen LogP contribution in [0.5, 0.6) is 0 Å². The Morgan fingerprint density at radius 1 is 1.15 bits per heavy atom. The van der Waals surface area contributed by atoms with Gasteiger partial charge < -0.3 is 5.73 Å². The average molecular weight is 301 g/mol. The van der Waals surface area contributed by atoms with Gasteiger partial charge in [0.15, 0.2) is 9.84 Å². The summed E-state index contributed by atoms with van der Waals surface area (Å²) in [6.07, 6.45) is 5.38. The molecule has 2 N–H and O–H groups in total. The van der Waals surface area contributed by atoms with E-state index in [9.17, 15) is 8.42 Å². The van der Waals surface area contributed by atoms with Crippen molar-refractivity contribution in [1.29, 1.82) is 0 Å². The first-order chi connectivity index (χ1) is 9.55. The predicted octanol–water partition coefficient (Wildman–Crippen LogP) is 0.0626. The predicted molar refractivity (Wildman–Crippen MR) is 80.5 cm³/mol. The highest BCUT2D eigenvalue weighted by molar-refractivity contribution is 7.91. The molecule has 20 heavy (non-hydrogen) atoms. The van der Waals surface area contributed by atoms with Crippen LogP contribution in [0.2, 0.25) is 0 Å². The molecule has 3 heterocycles. The molecule has 0 aromatic rings. The van der Waals surface area contributed by atoms with E-state index in [0.29, 0.717) is 18.3 Å². The highest BCUT2D eigenvalue weighted by Gasteiger charge is 2.44. The van der Waals surface area contributed by atoms with Crippen LogP contribution in [0.4, 0.5) is 0 Å². The number of fused-ring (bicyclic) bond motifs is 1. The van der Waals surface area contributed by atoms with Crippen molar-refractivity contribution in [3.63, 3.8) is 0 Å². The lowest BCUT2D eigenvalue weighted by atomic mass is 9.92. The summed E-state index contributed by atoms with van der Waals surface area (Å²) in [7, 11) is -2.92. The molecule has 3 aliphatic rings. The van der Waals surface area contributed by atoms with Gasteiger partial charge in [0.2, 0.25) is 0 Å². The van der Waals surface area contributed by atoms with Gasteiger partial charge in [-0.1, -0.05) is 0 Å². The van der Waals surface area contributed by atoms with E-state index in [-0.39, 0.29) is 11.3 Å². The van der Waals surface area contributed by atoms with Crippen LogP contribution < -0.4 is 5.73 Å². The summed E-state index contributed by atoms with van der Waals surface area (Å²) in [4.78, 5) is 5.02. The van der Waals surface area contributed by atoms with E-state index < -0.39 is 9.84 Å². The van der Waals surface area contributed by atoms with Crippen LogP contribution in [0.1, 0.15) is 32.1 Å². The van der Waals surface area contributed by atoms with Gasteiger partial charge in [-0.2, -0.15) is 0 Å². The van der Waals surface area contributed by atoms with Gasteiger partial charge in [0, 0.05) is 31.2 Å². The first kappa shape index (κ1) is 14.8. The summed E-state index contributed by atoms with van der Waals surface area (Å²) in [5.41, 5.74) is 5.76. The van der Waals surface area contributed by atoms with Crippen LogP contribution in [0.3, 0.4) is 0 Å². The monoisotopic (exact) mass is 301 g/mol. The molecular formula is C14H27N3O2S. The molecule has 5 nitrogen and oxygen atoms in total. The van der Waals surface area contributed by atoms with Crippen LogP contribution in [0, 0.1) is 0 Å². The Labute approximate surface area is 122 Å². The number of hydrogen-bond acceptors (Lipinski definition) is 5. The molecule has 0 spiro atoms. The third-order valence-electron chi connectivity index (χ3n) is 5.44. The Bertz CT molecular complexity index is 453. The molecule has 0 aliphatic carbocycles. The van der Waals surface area contributed by atoms with Gasteiger partial charge in [-0.25, -0.2) is 8.42 Å². The highest BCUT2D eigenvalue weighted by Crippen LogP contribution is 2.32. The van der Waals surface area contributed by atoms with Crippen molar-refractivity contribution in [2.45, 2.75) is 43.7 Å². The molecule has 0 saturated carbocycles. The maximum Gasteiger partial charge on any atom is 0.152 e. The van der Waals surface area contributed by atoms with Crippen LogP contribution in [0.25, 0.3) is 0 Å². The average Bonchev–Trinajstić information content (AvgIpc) is 2.74. The third-order valence-corrected chi connectivity index (χ3v) is 7.33. The summed E-state index contributed by atoms with van der Waals surface area (Å²) in [5, 5.41) is 0. The Balaban J connectivity index is 1.81. The standard InChI is InChI=1S/C14H27N3O2S/c15-11-14(5-2-9-20(18,19)12-14)17-8-3-7-16-6-1-4-13(16)10-17/h13H,1-12,15H2. The quantitative estimate of drug-likeness (QED) is 0.781. The molecule has 3 aliphatic heterocycles. The molecule has 6 heteroatoms. The largest absolute Gasteiger partial charge is 0.329 e. The normalized spacial score (nSPS) is 39.4. The molecule has 3 rings (SSSR count). The van der Waals surface area contributed by atoms with Gasteiger partial charge in [0.05, 0.1) is 11.5 Å². The van der Waals surface area contributed by atoms with Crippen molar-refractivity contribution in [3.05, 3.63) is 0 Å². The van der Waals surface area contributed by atoms with Crippen LogP contribution >= 0.6 is 0 Å². The molecule has 0 radical (unpaired) electrons. The van der Waals surface area contributed by atoms with Gasteiger partial charge in [0.1, 0.15) is 0 Å². The second-order valence-corrected chi connectivity index (χ2v) is 8.94. The number of hydrogen-bond donors (Lipinski definition) is 1. The Morgan fingerprint density at radius 2 is 1.95 bits per heavy atom. The molecule has 0 aromatic heterocycles. The lowest BCUT2D eigenvalue weighted by molar-refractivity contribution is 0.0902. The van der Waals surface area contributed by atoms with Gasteiger partial charge in [-0.15, -0.1) is 0 Å². The summed E-state index contributed by atoms with van der Waals surface area (Å²) >= 11 is 0. The van der Waals surface area contributed by atoms with Crippen LogP contribution in [-0.2, 0) is 9.84 Å². The molecule has 2 unspecified atom stereocenters. The van der Waals surface area contributed by atoms with E-state index in [1.807, 2.05) is 0 Å². The number of sulfone groups is 1. The topological polar surface area (TPSA) is 66.6 Å². The zero-order valence-corrected chi connectivity index (χ0v) is 13.1. The lowest BCUT2D eigenvalue weighted by Gasteiger charge is -2.46. The zero-order chi connectivity index (χ0) is 14.2. The smallest absolute Gasteiger partial charge is 0.152 e.